The summed E-state index contributed by atoms with van der Waals surface area (Å²) in [6, 6.07) is 8.72. The van der Waals surface area contributed by atoms with Crippen LogP contribution in [-0.4, -0.2) is 27.3 Å². The molecule has 2 unspecified atom stereocenters. The predicted octanol–water partition coefficient (Wildman–Crippen LogP) is 7.16. The van der Waals surface area contributed by atoms with Crippen molar-refractivity contribution >= 4 is 29.0 Å². The van der Waals surface area contributed by atoms with Gasteiger partial charge in [0, 0.05) is 42.2 Å². The Morgan fingerprint density at radius 2 is 2.03 bits per heavy atom. The Balaban J connectivity index is 1.26. The highest BCUT2D eigenvalue weighted by molar-refractivity contribution is 6.28. The zero-order valence-electron chi connectivity index (χ0n) is 21.7. The molecule has 2 N–H and O–H groups in total. The maximum Gasteiger partial charge on any atom is 0.416 e. The monoisotopic (exact) mass is 557 g/mol. The van der Waals surface area contributed by atoms with Crippen molar-refractivity contribution in [1.82, 2.24) is 15.0 Å². The Labute approximate surface area is 230 Å². The van der Waals surface area contributed by atoms with Crippen LogP contribution in [0.3, 0.4) is 0 Å². The number of nitrogens with zero attached hydrogens (tertiary/aromatic N) is 3. The molecular weight excluding hydrogens is 527 g/mol. The molecule has 39 heavy (non-hydrogen) atoms. The molecule has 0 saturated carbocycles. The summed E-state index contributed by atoms with van der Waals surface area (Å²) in [4.78, 5) is 26.6. The fourth-order valence-corrected chi connectivity index (χ4v) is 5.84. The van der Waals surface area contributed by atoms with Crippen LogP contribution in [0.2, 0.25) is 5.28 Å². The van der Waals surface area contributed by atoms with Crippen molar-refractivity contribution in [3.8, 4) is 0 Å². The van der Waals surface area contributed by atoms with E-state index >= 15 is 0 Å². The summed E-state index contributed by atoms with van der Waals surface area (Å²) in [6.45, 7) is 2.65. The van der Waals surface area contributed by atoms with E-state index in [0.29, 0.717) is 30.6 Å². The number of rotatable bonds is 7. The van der Waals surface area contributed by atoms with E-state index in [1.165, 1.54) is 6.07 Å². The number of Topliss-reactive ketones (excluding diaryl/α,β-unsaturated/α-hetero) is 1. The Bertz CT molecular complexity index is 1350. The lowest BCUT2D eigenvalue weighted by molar-refractivity contribution is -0.137. The van der Waals surface area contributed by atoms with Crippen molar-refractivity contribution in [3.05, 3.63) is 75.8 Å². The second-order valence-corrected chi connectivity index (χ2v) is 10.8. The van der Waals surface area contributed by atoms with Crippen LogP contribution in [0.4, 0.5) is 24.8 Å². The molecule has 1 aliphatic heterocycles. The van der Waals surface area contributed by atoms with Crippen LogP contribution in [0.1, 0.15) is 78.9 Å². The number of anilines is 2. The van der Waals surface area contributed by atoms with Crippen LogP contribution in [0.5, 0.6) is 0 Å². The summed E-state index contributed by atoms with van der Waals surface area (Å²) >= 11 is 6.22. The lowest BCUT2D eigenvalue weighted by Crippen LogP contribution is -2.19. The molecule has 1 aliphatic carbocycles. The summed E-state index contributed by atoms with van der Waals surface area (Å²) in [5.74, 6) is 1.62. The van der Waals surface area contributed by atoms with Crippen molar-refractivity contribution in [2.24, 2.45) is 5.92 Å². The molecule has 0 saturated heterocycles. The minimum atomic E-state index is -4.41. The van der Waals surface area contributed by atoms with Crippen LogP contribution in [0.25, 0.3) is 0 Å². The van der Waals surface area contributed by atoms with Gasteiger partial charge in [0.05, 0.1) is 11.3 Å². The first-order valence-electron chi connectivity index (χ1n) is 13.4. The number of pyridine rings is 1. The minimum absolute atomic E-state index is 0.0929. The molecule has 0 fully saturated rings. The standard InChI is InChI=1S/C29H31ClF3N5O/c1-17(19-6-4-7-20(16-19)29(31,32)33)36-27-23-14-18(15-24(23)37-28(30)38-27)10-11-25(39)21-8-2-3-12-34-26-22(21)9-5-13-35-26/h4-7,9,13,16-18,21H,2-3,8,10-12,14-15H2,1H3,(H,34,35)(H,36,37,38)/t17-,18?,21?/m1/s1. The van der Waals surface area contributed by atoms with Crippen molar-refractivity contribution in [3.63, 3.8) is 0 Å². The van der Waals surface area contributed by atoms with E-state index in [1.54, 1.807) is 19.2 Å². The van der Waals surface area contributed by atoms with E-state index < -0.39 is 17.8 Å². The van der Waals surface area contributed by atoms with Gasteiger partial charge in [-0.1, -0.05) is 24.6 Å². The summed E-state index contributed by atoms with van der Waals surface area (Å²) < 4.78 is 39.6. The van der Waals surface area contributed by atoms with Gasteiger partial charge in [0.1, 0.15) is 17.4 Å². The van der Waals surface area contributed by atoms with Crippen molar-refractivity contribution in [2.45, 2.75) is 70.0 Å². The first kappa shape index (κ1) is 27.4. The van der Waals surface area contributed by atoms with E-state index in [1.807, 2.05) is 12.1 Å². The van der Waals surface area contributed by atoms with E-state index in [0.717, 1.165) is 67.0 Å². The number of carbonyl (C=O) groups is 1. The summed E-state index contributed by atoms with van der Waals surface area (Å²) in [6.07, 6.45) is 2.69. The van der Waals surface area contributed by atoms with Crippen LogP contribution in [0, 0.1) is 5.92 Å². The molecule has 206 valence electrons. The number of nitrogens with one attached hydrogen (secondary N) is 2. The number of hydrogen-bond donors (Lipinski definition) is 2. The highest BCUT2D eigenvalue weighted by Crippen LogP contribution is 2.37. The molecule has 0 radical (unpaired) electrons. The second kappa shape index (κ2) is 11.5. The first-order chi connectivity index (χ1) is 18.7. The van der Waals surface area contributed by atoms with Crippen LogP contribution < -0.4 is 10.6 Å². The Kier molecular flexibility index (Phi) is 8.07. The molecule has 10 heteroatoms. The smallest absolute Gasteiger partial charge is 0.370 e. The molecule has 0 amide bonds. The highest BCUT2D eigenvalue weighted by atomic mass is 35.5. The molecule has 3 aromatic rings. The molecule has 1 aromatic carbocycles. The predicted molar refractivity (Wildman–Crippen MR) is 145 cm³/mol. The first-order valence-corrected chi connectivity index (χ1v) is 13.8. The number of halogens is 4. The fourth-order valence-electron chi connectivity index (χ4n) is 5.65. The third-order valence-corrected chi connectivity index (χ3v) is 7.89. The molecule has 0 bridgehead atoms. The molecular formula is C29H31ClF3N5O. The average Bonchev–Trinajstić information content (AvgIpc) is 3.30. The van der Waals surface area contributed by atoms with Gasteiger partial charge in [-0.2, -0.15) is 13.2 Å². The molecule has 3 heterocycles. The van der Waals surface area contributed by atoms with E-state index in [4.69, 9.17) is 11.6 Å². The maximum atomic E-state index is 13.4. The van der Waals surface area contributed by atoms with Crippen LogP contribution in [-0.2, 0) is 23.8 Å². The van der Waals surface area contributed by atoms with Crippen LogP contribution >= 0.6 is 11.6 Å². The highest BCUT2D eigenvalue weighted by Gasteiger charge is 2.32. The van der Waals surface area contributed by atoms with Crippen molar-refractivity contribution in [1.29, 1.82) is 0 Å². The van der Waals surface area contributed by atoms with Gasteiger partial charge in [0.15, 0.2) is 0 Å². The average molecular weight is 558 g/mol. The lowest BCUT2D eigenvalue weighted by Gasteiger charge is -2.22. The van der Waals surface area contributed by atoms with Gasteiger partial charge in [-0.05, 0) is 80.3 Å². The topological polar surface area (TPSA) is 79.8 Å². The summed E-state index contributed by atoms with van der Waals surface area (Å²) in [5.41, 5.74) is 2.53. The molecule has 6 nitrogen and oxygen atoms in total. The Hall–Kier alpha value is -3.20. The number of ketones is 1. The molecule has 3 atom stereocenters. The zero-order valence-corrected chi connectivity index (χ0v) is 22.4. The molecule has 2 aromatic heterocycles. The van der Waals surface area contributed by atoms with Gasteiger partial charge in [0.25, 0.3) is 0 Å². The maximum absolute atomic E-state index is 13.4. The van der Waals surface area contributed by atoms with Crippen molar-refractivity contribution < 1.29 is 18.0 Å². The number of alkyl halides is 3. The van der Waals surface area contributed by atoms with Gasteiger partial charge >= 0.3 is 6.18 Å². The number of aromatic nitrogens is 3. The number of carbonyl (C=O) groups excluding carboxylic acids is 1. The third-order valence-electron chi connectivity index (χ3n) is 7.72. The minimum Gasteiger partial charge on any atom is -0.370 e. The summed E-state index contributed by atoms with van der Waals surface area (Å²) in [7, 11) is 0. The van der Waals surface area contributed by atoms with Gasteiger partial charge < -0.3 is 10.6 Å². The molecule has 5 rings (SSSR count). The largest absolute Gasteiger partial charge is 0.416 e. The quantitative estimate of drug-likeness (QED) is 0.300. The normalized spacial score (nSPS) is 19.7. The van der Waals surface area contributed by atoms with Gasteiger partial charge in [-0.3, -0.25) is 4.79 Å². The van der Waals surface area contributed by atoms with E-state index in [2.05, 4.69) is 25.6 Å². The fraction of sp³-hybridized carbons (Fsp3) is 0.448. The third kappa shape index (κ3) is 6.35. The van der Waals surface area contributed by atoms with E-state index in [-0.39, 0.29) is 22.9 Å². The second-order valence-electron chi connectivity index (χ2n) is 10.5. The van der Waals surface area contributed by atoms with Crippen LogP contribution in [0.15, 0.2) is 42.6 Å². The Morgan fingerprint density at radius 3 is 2.85 bits per heavy atom. The zero-order chi connectivity index (χ0) is 27.6. The number of fused-ring (bicyclic) bond motifs is 2. The molecule has 2 aliphatic rings. The van der Waals surface area contributed by atoms with E-state index in [9.17, 15) is 18.0 Å². The molecule has 0 spiro atoms. The summed E-state index contributed by atoms with van der Waals surface area (Å²) in [5, 5.41) is 6.70. The Morgan fingerprint density at radius 1 is 1.18 bits per heavy atom. The SMILES string of the molecule is C[C@@H](Nc1nc(Cl)nc2c1CC(CCC(=O)C1CCCCNc3ncccc31)C2)c1cccc(C(F)(F)F)c1. The van der Waals surface area contributed by atoms with Gasteiger partial charge in [-0.15, -0.1) is 0 Å². The van der Waals surface area contributed by atoms with Crippen molar-refractivity contribution in [2.75, 3.05) is 17.2 Å². The lowest BCUT2D eigenvalue weighted by atomic mass is 9.85. The number of hydrogen-bond acceptors (Lipinski definition) is 6. The number of benzene rings is 1. The van der Waals surface area contributed by atoms with Gasteiger partial charge in [-0.25, -0.2) is 15.0 Å². The van der Waals surface area contributed by atoms with Gasteiger partial charge in [0.2, 0.25) is 5.28 Å².